The fourth-order valence-electron chi connectivity index (χ4n) is 2.12. The van der Waals surface area contributed by atoms with Crippen LogP contribution in [0.3, 0.4) is 0 Å². The van der Waals surface area contributed by atoms with Crippen molar-refractivity contribution in [3.05, 3.63) is 64.2 Å². The van der Waals surface area contributed by atoms with Crippen LogP contribution in [0, 0.1) is 6.92 Å². The van der Waals surface area contributed by atoms with Crippen LogP contribution in [0.15, 0.2) is 42.5 Å². The largest absolute Gasteiger partial charge is 0.497 e. The summed E-state index contributed by atoms with van der Waals surface area (Å²) in [5, 5.41) is 0.762. The number of halogens is 1. The average Bonchev–Trinajstić information content (AvgIpc) is 2.42. The van der Waals surface area contributed by atoms with E-state index in [4.69, 9.17) is 22.1 Å². The van der Waals surface area contributed by atoms with Crippen molar-refractivity contribution in [2.75, 3.05) is 7.11 Å². The highest BCUT2D eigenvalue weighted by Crippen LogP contribution is 2.27. The summed E-state index contributed by atoms with van der Waals surface area (Å²) in [6, 6.07) is 13.8. The van der Waals surface area contributed by atoms with Gasteiger partial charge in [-0.15, -0.1) is 0 Å². The van der Waals surface area contributed by atoms with E-state index in [1.807, 2.05) is 49.4 Å². The number of ether oxygens (including phenoxy) is 1. The van der Waals surface area contributed by atoms with Crippen molar-refractivity contribution in [3.63, 3.8) is 0 Å². The van der Waals surface area contributed by atoms with Crippen molar-refractivity contribution >= 4 is 11.6 Å². The Bertz CT molecular complexity index is 568. The molecule has 100 valence electrons. The molecule has 0 heterocycles. The first kappa shape index (κ1) is 13.9. The first-order valence-corrected chi connectivity index (χ1v) is 6.63. The molecule has 0 aliphatic heterocycles. The zero-order valence-electron chi connectivity index (χ0n) is 11.2. The van der Waals surface area contributed by atoms with Gasteiger partial charge in [0.1, 0.15) is 5.75 Å². The average molecular weight is 276 g/mol. The summed E-state index contributed by atoms with van der Waals surface area (Å²) in [6.45, 7) is 1.99. The third-order valence-corrected chi connectivity index (χ3v) is 3.73. The second-order valence-electron chi connectivity index (χ2n) is 4.64. The molecule has 0 spiro atoms. The molecule has 0 saturated heterocycles. The van der Waals surface area contributed by atoms with Crippen LogP contribution in [0.4, 0.5) is 0 Å². The third kappa shape index (κ3) is 3.28. The molecule has 2 N–H and O–H groups in total. The molecule has 2 rings (SSSR count). The maximum Gasteiger partial charge on any atom is 0.119 e. The Morgan fingerprint density at radius 2 is 1.95 bits per heavy atom. The van der Waals surface area contributed by atoms with Gasteiger partial charge in [0, 0.05) is 11.1 Å². The zero-order valence-corrected chi connectivity index (χ0v) is 11.9. The van der Waals surface area contributed by atoms with Crippen molar-refractivity contribution in [2.24, 2.45) is 5.73 Å². The summed E-state index contributed by atoms with van der Waals surface area (Å²) in [6.07, 6.45) is 0.736. The molecule has 0 aliphatic carbocycles. The van der Waals surface area contributed by atoms with Crippen LogP contribution in [0.2, 0.25) is 5.02 Å². The van der Waals surface area contributed by atoms with E-state index in [9.17, 15) is 0 Å². The van der Waals surface area contributed by atoms with Crippen LogP contribution in [-0.4, -0.2) is 7.11 Å². The smallest absolute Gasteiger partial charge is 0.119 e. The minimum atomic E-state index is -0.112. The standard InChI is InChI=1S/C16H18ClNO/c1-11-5-3-8-14(16(11)17)15(18)10-12-6-4-7-13(9-12)19-2/h3-9,15H,10,18H2,1-2H3. The molecular formula is C16H18ClNO. The number of nitrogens with two attached hydrogens (primary N) is 1. The molecule has 0 saturated carbocycles. The molecule has 0 amide bonds. The molecule has 19 heavy (non-hydrogen) atoms. The molecule has 0 aliphatic rings. The minimum Gasteiger partial charge on any atom is -0.497 e. The normalized spacial score (nSPS) is 12.2. The molecule has 2 aromatic rings. The summed E-state index contributed by atoms with van der Waals surface area (Å²) in [4.78, 5) is 0. The molecule has 2 nitrogen and oxygen atoms in total. The number of hydrogen-bond donors (Lipinski definition) is 1. The van der Waals surface area contributed by atoms with Crippen molar-refractivity contribution in [1.82, 2.24) is 0 Å². The van der Waals surface area contributed by atoms with Gasteiger partial charge in [-0.1, -0.05) is 41.9 Å². The lowest BCUT2D eigenvalue weighted by molar-refractivity contribution is 0.414. The highest BCUT2D eigenvalue weighted by molar-refractivity contribution is 6.32. The number of aryl methyl sites for hydroxylation is 1. The molecule has 0 bridgehead atoms. The highest BCUT2D eigenvalue weighted by atomic mass is 35.5. The van der Waals surface area contributed by atoms with Gasteiger partial charge in [-0.3, -0.25) is 0 Å². The third-order valence-electron chi connectivity index (χ3n) is 3.21. The van der Waals surface area contributed by atoms with E-state index >= 15 is 0 Å². The Morgan fingerprint density at radius 3 is 2.68 bits per heavy atom. The summed E-state index contributed by atoms with van der Waals surface area (Å²) < 4.78 is 5.22. The predicted octanol–water partition coefficient (Wildman–Crippen LogP) is 3.90. The van der Waals surface area contributed by atoms with Crippen LogP contribution in [-0.2, 0) is 6.42 Å². The molecule has 1 atom stereocenters. The predicted molar refractivity (Wildman–Crippen MR) is 79.8 cm³/mol. The van der Waals surface area contributed by atoms with E-state index in [-0.39, 0.29) is 6.04 Å². The van der Waals surface area contributed by atoms with Gasteiger partial charge in [0.25, 0.3) is 0 Å². The van der Waals surface area contributed by atoms with E-state index in [2.05, 4.69) is 0 Å². The van der Waals surface area contributed by atoms with E-state index in [1.165, 1.54) is 0 Å². The molecular weight excluding hydrogens is 258 g/mol. The van der Waals surface area contributed by atoms with Gasteiger partial charge in [0.2, 0.25) is 0 Å². The summed E-state index contributed by atoms with van der Waals surface area (Å²) in [5.74, 6) is 0.847. The van der Waals surface area contributed by atoms with E-state index in [1.54, 1.807) is 7.11 Å². The second kappa shape index (κ2) is 6.09. The monoisotopic (exact) mass is 275 g/mol. The fourth-order valence-corrected chi connectivity index (χ4v) is 2.39. The Kier molecular flexibility index (Phi) is 4.46. The van der Waals surface area contributed by atoms with Gasteiger partial charge >= 0.3 is 0 Å². The second-order valence-corrected chi connectivity index (χ2v) is 5.02. The van der Waals surface area contributed by atoms with Gasteiger partial charge in [-0.05, 0) is 42.2 Å². The number of methoxy groups -OCH3 is 1. The highest BCUT2D eigenvalue weighted by Gasteiger charge is 2.12. The van der Waals surface area contributed by atoms with Crippen LogP contribution < -0.4 is 10.5 Å². The number of hydrogen-bond acceptors (Lipinski definition) is 2. The van der Waals surface area contributed by atoms with Crippen LogP contribution in [0.5, 0.6) is 5.75 Å². The van der Waals surface area contributed by atoms with Crippen molar-refractivity contribution in [1.29, 1.82) is 0 Å². The van der Waals surface area contributed by atoms with E-state index in [0.717, 1.165) is 33.9 Å². The lowest BCUT2D eigenvalue weighted by Gasteiger charge is -2.15. The van der Waals surface area contributed by atoms with Gasteiger partial charge in [-0.2, -0.15) is 0 Å². The van der Waals surface area contributed by atoms with Gasteiger partial charge in [0.05, 0.1) is 7.11 Å². The quantitative estimate of drug-likeness (QED) is 0.918. The van der Waals surface area contributed by atoms with Crippen molar-refractivity contribution < 1.29 is 4.74 Å². The first-order valence-electron chi connectivity index (χ1n) is 6.25. The molecule has 3 heteroatoms. The maximum absolute atomic E-state index is 6.31. The Hall–Kier alpha value is -1.51. The van der Waals surface area contributed by atoms with E-state index < -0.39 is 0 Å². The van der Waals surface area contributed by atoms with Crippen LogP contribution in [0.1, 0.15) is 22.7 Å². The summed E-state index contributed by atoms with van der Waals surface area (Å²) >= 11 is 6.31. The Balaban J connectivity index is 2.20. The number of rotatable bonds is 4. The number of benzene rings is 2. The van der Waals surface area contributed by atoms with Crippen molar-refractivity contribution in [2.45, 2.75) is 19.4 Å². The van der Waals surface area contributed by atoms with Crippen molar-refractivity contribution in [3.8, 4) is 5.75 Å². The fraction of sp³-hybridized carbons (Fsp3) is 0.250. The lowest BCUT2D eigenvalue weighted by atomic mass is 9.98. The summed E-state index contributed by atoms with van der Waals surface area (Å²) in [5.41, 5.74) is 9.45. The Labute approximate surface area is 119 Å². The molecule has 0 radical (unpaired) electrons. The van der Waals surface area contributed by atoms with Crippen LogP contribution in [0.25, 0.3) is 0 Å². The lowest BCUT2D eigenvalue weighted by Crippen LogP contribution is -2.14. The Morgan fingerprint density at radius 1 is 1.21 bits per heavy atom. The summed E-state index contributed by atoms with van der Waals surface area (Å²) in [7, 11) is 1.66. The first-order chi connectivity index (χ1) is 9.11. The SMILES string of the molecule is COc1cccc(CC(N)c2cccc(C)c2Cl)c1. The van der Waals surface area contributed by atoms with Gasteiger partial charge in [-0.25, -0.2) is 0 Å². The molecule has 0 aromatic heterocycles. The molecule has 2 aromatic carbocycles. The van der Waals surface area contributed by atoms with Gasteiger partial charge < -0.3 is 10.5 Å². The van der Waals surface area contributed by atoms with E-state index in [0.29, 0.717) is 0 Å². The molecule has 1 unspecified atom stereocenters. The minimum absolute atomic E-state index is 0.112. The van der Waals surface area contributed by atoms with Crippen LogP contribution >= 0.6 is 11.6 Å². The zero-order chi connectivity index (χ0) is 13.8. The maximum atomic E-state index is 6.31. The topological polar surface area (TPSA) is 35.2 Å². The molecule has 0 fully saturated rings. The van der Waals surface area contributed by atoms with Gasteiger partial charge in [0.15, 0.2) is 0 Å².